The number of carbonyl (C=O) groups is 2. The van der Waals surface area contributed by atoms with Crippen LogP contribution in [0.1, 0.15) is 68.2 Å². The first-order valence-electron chi connectivity index (χ1n) is 15.5. The van der Waals surface area contributed by atoms with Gasteiger partial charge in [-0.05, 0) is 49.9 Å². The molecule has 1 N–H and O–H groups in total. The third-order valence-corrected chi connectivity index (χ3v) is 8.03. The number of fused-ring (bicyclic) bond motifs is 1. The fourth-order valence-corrected chi connectivity index (χ4v) is 5.54. The molecule has 1 unspecified atom stereocenters. The van der Waals surface area contributed by atoms with Crippen molar-refractivity contribution in [1.29, 1.82) is 0 Å². The Bertz CT molecular complexity index is 1660. The van der Waals surface area contributed by atoms with Gasteiger partial charge in [-0.2, -0.15) is 13.2 Å². The second-order valence-corrected chi connectivity index (χ2v) is 11.5. The van der Waals surface area contributed by atoms with Crippen molar-refractivity contribution in [3.8, 4) is 11.6 Å². The van der Waals surface area contributed by atoms with Crippen LogP contribution >= 0.6 is 0 Å². The minimum Gasteiger partial charge on any atom is -0.493 e. The highest BCUT2D eigenvalue weighted by atomic mass is 19.4. The number of benzene rings is 2. The van der Waals surface area contributed by atoms with E-state index in [9.17, 15) is 22.8 Å². The molecule has 5 rings (SSSR count). The maximum atomic E-state index is 13.7. The summed E-state index contributed by atoms with van der Waals surface area (Å²) in [4.78, 5) is 35.7. The smallest absolute Gasteiger partial charge is 0.418 e. The van der Waals surface area contributed by atoms with E-state index in [-0.39, 0.29) is 18.0 Å². The Morgan fingerprint density at radius 3 is 2.37 bits per heavy atom. The molecule has 2 aromatic heterocycles. The van der Waals surface area contributed by atoms with Gasteiger partial charge in [0.25, 0.3) is 5.91 Å². The Labute approximate surface area is 265 Å². The van der Waals surface area contributed by atoms with Crippen LogP contribution in [0.3, 0.4) is 0 Å². The number of para-hydroxylation sites is 1. The number of hydrogen-bond acceptors (Lipinski definition) is 6. The number of carbonyl (C=O) groups excluding carboxylic acids is 2. The van der Waals surface area contributed by atoms with E-state index < -0.39 is 23.3 Å². The Morgan fingerprint density at radius 2 is 1.65 bits per heavy atom. The Hall–Kier alpha value is -4.67. The number of imide groups is 1. The van der Waals surface area contributed by atoms with Gasteiger partial charge in [-0.25, -0.2) is 9.78 Å². The summed E-state index contributed by atoms with van der Waals surface area (Å²) in [5, 5.41) is 3.12. The SMILES string of the molecule is CCCOc1ccc(C2(C)NC(=O)N(CCCCCCOc3c(Cc4ccccc4)cnc4c(C(F)(F)F)cccc34)C2=O)cn1. The van der Waals surface area contributed by atoms with Crippen molar-refractivity contribution < 1.29 is 32.2 Å². The highest BCUT2D eigenvalue weighted by Gasteiger charge is 2.48. The summed E-state index contributed by atoms with van der Waals surface area (Å²) in [5.41, 5.74) is 0.125. The van der Waals surface area contributed by atoms with Crippen LogP contribution in [-0.2, 0) is 22.9 Å². The number of rotatable bonds is 14. The molecule has 0 bridgehead atoms. The number of hydrogen-bond donors (Lipinski definition) is 1. The molecule has 1 aliphatic rings. The summed E-state index contributed by atoms with van der Waals surface area (Å²) in [7, 11) is 0. The maximum Gasteiger partial charge on any atom is 0.418 e. The van der Waals surface area contributed by atoms with Crippen LogP contribution in [0.4, 0.5) is 18.0 Å². The third kappa shape index (κ3) is 7.24. The number of alkyl halides is 3. The zero-order chi connectivity index (χ0) is 32.7. The van der Waals surface area contributed by atoms with Crippen molar-refractivity contribution in [3.05, 3.63) is 95.3 Å². The van der Waals surface area contributed by atoms with Gasteiger partial charge in [-0.15, -0.1) is 0 Å². The van der Waals surface area contributed by atoms with Crippen LogP contribution in [0.5, 0.6) is 11.6 Å². The van der Waals surface area contributed by atoms with E-state index in [2.05, 4.69) is 15.3 Å². The van der Waals surface area contributed by atoms with Crippen molar-refractivity contribution >= 4 is 22.8 Å². The number of nitrogens with zero attached hydrogens (tertiary/aromatic N) is 3. The quantitative estimate of drug-likeness (QED) is 0.115. The minimum absolute atomic E-state index is 0.140. The van der Waals surface area contributed by atoms with Crippen molar-refractivity contribution in [2.24, 2.45) is 0 Å². The van der Waals surface area contributed by atoms with Crippen molar-refractivity contribution in [2.45, 2.75) is 64.1 Å². The number of amides is 3. The summed E-state index contributed by atoms with van der Waals surface area (Å²) in [5.74, 6) is 0.527. The van der Waals surface area contributed by atoms with Crippen LogP contribution < -0.4 is 14.8 Å². The summed E-state index contributed by atoms with van der Waals surface area (Å²) in [6, 6.07) is 16.6. The zero-order valence-corrected chi connectivity index (χ0v) is 25.9. The molecule has 2 aromatic carbocycles. The van der Waals surface area contributed by atoms with Crippen LogP contribution in [-0.4, -0.2) is 46.6 Å². The molecule has 0 saturated carbocycles. The number of halogens is 3. The second-order valence-electron chi connectivity index (χ2n) is 11.5. The van der Waals surface area contributed by atoms with Gasteiger partial charge in [0.05, 0.1) is 24.3 Å². The van der Waals surface area contributed by atoms with Gasteiger partial charge >= 0.3 is 12.2 Å². The van der Waals surface area contributed by atoms with Crippen LogP contribution in [0.2, 0.25) is 0 Å². The molecule has 0 aliphatic carbocycles. The molecule has 1 aliphatic heterocycles. The molecule has 0 spiro atoms. The molecule has 46 heavy (non-hydrogen) atoms. The molecular weight excluding hydrogens is 597 g/mol. The normalized spacial score (nSPS) is 16.6. The molecule has 8 nitrogen and oxygen atoms in total. The lowest BCUT2D eigenvalue weighted by Crippen LogP contribution is -2.41. The Morgan fingerprint density at radius 1 is 0.870 bits per heavy atom. The molecule has 0 radical (unpaired) electrons. The third-order valence-electron chi connectivity index (χ3n) is 8.03. The molecule has 3 heterocycles. The van der Waals surface area contributed by atoms with Crippen molar-refractivity contribution in [3.63, 3.8) is 0 Å². The maximum absolute atomic E-state index is 13.7. The highest BCUT2D eigenvalue weighted by molar-refractivity contribution is 6.07. The van der Waals surface area contributed by atoms with E-state index in [4.69, 9.17) is 9.47 Å². The number of urea groups is 1. The van der Waals surface area contributed by atoms with Gasteiger partial charge in [-0.3, -0.25) is 14.7 Å². The minimum atomic E-state index is -4.54. The molecule has 1 saturated heterocycles. The number of pyridine rings is 2. The molecule has 4 aromatic rings. The summed E-state index contributed by atoms with van der Waals surface area (Å²) >= 11 is 0. The average molecular weight is 635 g/mol. The lowest BCUT2D eigenvalue weighted by Gasteiger charge is -2.22. The number of unbranched alkanes of at least 4 members (excludes halogenated alkanes) is 3. The molecular formula is C35H37F3N4O4. The van der Waals surface area contributed by atoms with E-state index in [1.165, 1.54) is 17.2 Å². The highest BCUT2D eigenvalue weighted by Crippen LogP contribution is 2.38. The first-order valence-corrected chi connectivity index (χ1v) is 15.5. The van der Waals surface area contributed by atoms with Crippen LogP contribution in [0.25, 0.3) is 10.9 Å². The average Bonchev–Trinajstić information content (AvgIpc) is 3.27. The van der Waals surface area contributed by atoms with Gasteiger partial charge < -0.3 is 14.8 Å². The van der Waals surface area contributed by atoms with Gasteiger partial charge in [0.15, 0.2) is 0 Å². The second kappa shape index (κ2) is 14.2. The van der Waals surface area contributed by atoms with E-state index in [0.29, 0.717) is 60.6 Å². The first-order chi connectivity index (χ1) is 22.1. The van der Waals surface area contributed by atoms with Crippen LogP contribution in [0, 0.1) is 0 Å². The number of ether oxygens (including phenoxy) is 2. The Kier molecular flexibility index (Phi) is 10.1. The monoisotopic (exact) mass is 634 g/mol. The molecule has 11 heteroatoms. The molecule has 1 atom stereocenters. The molecule has 1 fully saturated rings. The predicted molar refractivity (Wildman–Crippen MR) is 168 cm³/mol. The standard InChI is InChI=1S/C35H37F3N4O4/c1-3-19-45-29-17-16-26(23-39-29)34(2)32(43)42(33(44)41-34)18-9-4-5-10-20-46-31-25(21-24-12-7-6-8-13-24)22-40-30-27(31)14-11-15-28(30)35(36,37)38/h6-8,11-17,22-23H,3-5,9-10,18-21H2,1-2H3,(H,41,44). The van der Waals surface area contributed by atoms with Crippen LogP contribution in [0.15, 0.2) is 73.1 Å². The number of aromatic nitrogens is 2. The fraction of sp³-hybridized carbons (Fsp3) is 0.371. The van der Waals surface area contributed by atoms with E-state index >= 15 is 0 Å². The van der Waals surface area contributed by atoms with Gasteiger partial charge in [0.2, 0.25) is 5.88 Å². The molecule has 242 valence electrons. The lowest BCUT2D eigenvalue weighted by atomic mass is 9.93. The van der Waals surface area contributed by atoms with Crippen molar-refractivity contribution in [1.82, 2.24) is 20.2 Å². The van der Waals surface area contributed by atoms with E-state index in [0.717, 1.165) is 30.9 Å². The van der Waals surface area contributed by atoms with Crippen molar-refractivity contribution in [2.75, 3.05) is 19.8 Å². The zero-order valence-electron chi connectivity index (χ0n) is 25.9. The fourth-order valence-electron chi connectivity index (χ4n) is 5.54. The predicted octanol–water partition coefficient (Wildman–Crippen LogP) is 7.43. The van der Waals surface area contributed by atoms with E-state index in [1.54, 1.807) is 31.3 Å². The van der Waals surface area contributed by atoms with Gasteiger partial charge in [0, 0.05) is 47.9 Å². The first kappa shape index (κ1) is 32.7. The summed E-state index contributed by atoms with van der Waals surface area (Å²) < 4.78 is 52.8. The summed E-state index contributed by atoms with van der Waals surface area (Å²) in [6.45, 7) is 4.76. The van der Waals surface area contributed by atoms with E-state index in [1.807, 2.05) is 37.3 Å². The summed E-state index contributed by atoms with van der Waals surface area (Å²) in [6.07, 6.45) is 2.51. The molecule has 3 amide bonds. The number of nitrogens with one attached hydrogen (secondary N) is 1. The lowest BCUT2D eigenvalue weighted by molar-refractivity contribution is -0.136. The largest absolute Gasteiger partial charge is 0.493 e. The van der Waals surface area contributed by atoms with Gasteiger partial charge in [0.1, 0.15) is 11.3 Å². The Balaban J connectivity index is 1.17. The van der Waals surface area contributed by atoms with Gasteiger partial charge in [-0.1, -0.05) is 56.2 Å². The topological polar surface area (TPSA) is 93.6 Å².